The SMILES string of the molecule is CC1CC(NC(=O)c2coc(CN)c2)CN1Cc1ccccc1. The maximum absolute atomic E-state index is 12.3. The highest BCUT2D eigenvalue weighted by Gasteiger charge is 2.30. The lowest BCUT2D eigenvalue weighted by Gasteiger charge is -2.20. The topological polar surface area (TPSA) is 71.5 Å². The van der Waals surface area contributed by atoms with Gasteiger partial charge in [0.15, 0.2) is 0 Å². The highest BCUT2D eigenvalue weighted by Crippen LogP contribution is 2.20. The molecular formula is C18H23N3O2. The zero-order valence-corrected chi connectivity index (χ0v) is 13.4. The van der Waals surface area contributed by atoms with Gasteiger partial charge in [-0.3, -0.25) is 9.69 Å². The zero-order valence-electron chi connectivity index (χ0n) is 13.4. The summed E-state index contributed by atoms with van der Waals surface area (Å²) < 4.78 is 5.22. The van der Waals surface area contributed by atoms with Crippen molar-refractivity contribution < 1.29 is 9.21 Å². The van der Waals surface area contributed by atoms with Gasteiger partial charge >= 0.3 is 0 Å². The van der Waals surface area contributed by atoms with E-state index in [0.717, 1.165) is 19.5 Å². The normalized spacial score (nSPS) is 21.5. The molecule has 2 heterocycles. The molecule has 1 fully saturated rings. The molecule has 0 radical (unpaired) electrons. The molecule has 3 rings (SSSR count). The molecule has 2 unspecified atom stereocenters. The zero-order chi connectivity index (χ0) is 16.2. The maximum atomic E-state index is 12.3. The van der Waals surface area contributed by atoms with Crippen LogP contribution in [0.1, 0.15) is 35.0 Å². The first-order valence-electron chi connectivity index (χ1n) is 8.02. The van der Waals surface area contributed by atoms with Crippen molar-refractivity contribution in [1.29, 1.82) is 0 Å². The third-order valence-electron chi connectivity index (χ3n) is 4.38. The number of carbonyl (C=O) groups excluding carboxylic acids is 1. The Morgan fingerprint density at radius 2 is 2.17 bits per heavy atom. The maximum Gasteiger partial charge on any atom is 0.254 e. The van der Waals surface area contributed by atoms with Crippen molar-refractivity contribution in [2.24, 2.45) is 5.73 Å². The second kappa shape index (κ2) is 6.98. The highest BCUT2D eigenvalue weighted by atomic mass is 16.3. The molecule has 0 aliphatic carbocycles. The molecule has 2 aromatic rings. The number of hydrogen-bond donors (Lipinski definition) is 2. The molecule has 1 amide bonds. The average Bonchev–Trinajstić information content (AvgIpc) is 3.16. The molecule has 122 valence electrons. The molecule has 1 saturated heterocycles. The van der Waals surface area contributed by atoms with E-state index in [-0.39, 0.29) is 11.9 Å². The van der Waals surface area contributed by atoms with Crippen molar-refractivity contribution in [3.8, 4) is 0 Å². The summed E-state index contributed by atoms with van der Waals surface area (Å²) in [5, 5.41) is 3.10. The monoisotopic (exact) mass is 313 g/mol. The van der Waals surface area contributed by atoms with Crippen LogP contribution >= 0.6 is 0 Å². The van der Waals surface area contributed by atoms with E-state index >= 15 is 0 Å². The summed E-state index contributed by atoms with van der Waals surface area (Å²) in [5.74, 6) is 0.535. The number of hydrogen-bond acceptors (Lipinski definition) is 4. The van der Waals surface area contributed by atoms with E-state index in [9.17, 15) is 4.79 Å². The lowest BCUT2D eigenvalue weighted by molar-refractivity contribution is 0.0937. The Balaban J connectivity index is 1.57. The summed E-state index contributed by atoms with van der Waals surface area (Å²) >= 11 is 0. The number of amides is 1. The third kappa shape index (κ3) is 3.81. The van der Waals surface area contributed by atoms with E-state index < -0.39 is 0 Å². The number of nitrogens with zero attached hydrogens (tertiary/aromatic N) is 1. The van der Waals surface area contributed by atoms with E-state index in [1.165, 1.54) is 11.8 Å². The fourth-order valence-corrected chi connectivity index (χ4v) is 3.12. The third-order valence-corrected chi connectivity index (χ3v) is 4.38. The minimum Gasteiger partial charge on any atom is -0.467 e. The van der Waals surface area contributed by atoms with Gasteiger partial charge in [0.25, 0.3) is 5.91 Å². The van der Waals surface area contributed by atoms with E-state index in [4.69, 9.17) is 10.2 Å². The van der Waals surface area contributed by atoms with Crippen molar-refractivity contribution >= 4 is 5.91 Å². The van der Waals surface area contributed by atoms with Gasteiger partial charge in [-0.25, -0.2) is 0 Å². The van der Waals surface area contributed by atoms with E-state index in [2.05, 4.69) is 41.4 Å². The molecular weight excluding hydrogens is 290 g/mol. The quantitative estimate of drug-likeness (QED) is 0.887. The van der Waals surface area contributed by atoms with E-state index in [1.54, 1.807) is 6.07 Å². The van der Waals surface area contributed by atoms with Gasteiger partial charge in [0.05, 0.1) is 12.1 Å². The van der Waals surface area contributed by atoms with E-state index in [1.807, 2.05) is 6.07 Å². The Hall–Kier alpha value is -2.11. The van der Waals surface area contributed by atoms with Crippen LogP contribution in [0.25, 0.3) is 0 Å². The average molecular weight is 313 g/mol. The van der Waals surface area contributed by atoms with Gasteiger partial charge in [-0.15, -0.1) is 0 Å². The standard InChI is InChI=1S/C18H23N3O2/c1-13-7-16(11-21(13)10-14-5-3-2-4-6-14)20-18(22)15-8-17(9-19)23-12-15/h2-6,8,12-13,16H,7,9-11,19H2,1H3,(H,20,22). The molecule has 1 aromatic carbocycles. The lowest BCUT2D eigenvalue weighted by Crippen LogP contribution is -2.36. The molecule has 0 saturated carbocycles. The van der Waals surface area contributed by atoms with Gasteiger partial charge in [-0.05, 0) is 25.0 Å². The van der Waals surface area contributed by atoms with Gasteiger partial charge in [0.1, 0.15) is 12.0 Å². The van der Waals surface area contributed by atoms with Crippen LogP contribution in [0.4, 0.5) is 0 Å². The number of likely N-dealkylation sites (tertiary alicyclic amines) is 1. The van der Waals surface area contributed by atoms with Crippen molar-refractivity contribution in [3.05, 3.63) is 59.5 Å². The molecule has 1 aliphatic heterocycles. The molecule has 0 bridgehead atoms. The highest BCUT2D eigenvalue weighted by molar-refractivity contribution is 5.94. The first-order chi connectivity index (χ1) is 11.2. The Kier molecular flexibility index (Phi) is 4.79. The number of nitrogens with two attached hydrogens (primary N) is 1. The summed E-state index contributed by atoms with van der Waals surface area (Å²) in [6.45, 7) is 4.29. The van der Waals surface area contributed by atoms with Crippen LogP contribution in [0.15, 0.2) is 47.1 Å². The molecule has 23 heavy (non-hydrogen) atoms. The van der Waals surface area contributed by atoms with Crippen LogP contribution in [0.5, 0.6) is 0 Å². The fourth-order valence-electron chi connectivity index (χ4n) is 3.12. The van der Waals surface area contributed by atoms with Crippen molar-refractivity contribution in [3.63, 3.8) is 0 Å². The van der Waals surface area contributed by atoms with Crippen molar-refractivity contribution in [2.75, 3.05) is 6.54 Å². The molecule has 1 aromatic heterocycles. The number of nitrogens with one attached hydrogen (secondary N) is 1. The van der Waals surface area contributed by atoms with Crippen molar-refractivity contribution in [2.45, 2.75) is 38.5 Å². The minimum absolute atomic E-state index is 0.0905. The van der Waals surface area contributed by atoms with Gasteiger partial charge in [0.2, 0.25) is 0 Å². The molecule has 5 nitrogen and oxygen atoms in total. The Bertz CT molecular complexity index is 653. The van der Waals surface area contributed by atoms with Crippen LogP contribution in [-0.2, 0) is 13.1 Å². The molecule has 0 spiro atoms. The smallest absolute Gasteiger partial charge is 0.254 e. The second-order valence-electron chi connectivity index (χ2n) is 6.18. The second-order valence-corrected chi connectivity index (χ2v) is 6.18. The number of benzene rings is 1. The largest absolute Gasteiger partial charge is 0.467 e. The van der Waals surface area contributed by atoms with Gasteiger partial charge in [-0.2, -0.15) is 0 Å². The van der Waals surface area contributed by atoms with Gasteiger partial charge in [0, 0.05) is 25.2 Å². The summed E-state index contributed by atoms with van der Waals surface area (Å²) in [4.78, 5) is 14.7. The fraction of sp³-hybridized carbons (Fsp3) is 0.389. The van der Waals surface area contributed by atoms with Crippen LogP contribution in [0.3, 0.4) is 0 Å². The van der Waals surface area contributed by atoms with Crippen molar-refractivity contribution in [1.82, 2.24) is 10.2 Å². The summed E-state index contributed by atoms with van der Waals surface area (Å²) in [7, 11) is 0. The van der Waals surface area contributed by atoms with Crippen LogP contribution in [0, 0.1) is 0 Å². The van der Waals surface area contributed by atoms with Gasteiger partial charge < -0.3 is 15.5 Å². The van der Waals surface area contributed by atoms with Crippen LogP contribution < -0.4 is 11.1 Å². The Labute approximate surface area is 136 Å². The Morgan fingerprint density at radius 3 is 2.87 bits per heavy atom. The summed E-state index contributed by atoms with van der Waals surface area (Å²) in [6, 6.07) is 12.7. The molecule has 5 heteroatoms. The number of rotatable bonds is 5. The minimum atomic E-state index is -0.0905. The molecule has 1 aliphatic rings. The summed E-state index contributed by atoms with van der Waals surface area (Å²) in [6.07, 6.45) is 2.43. The number of furan rings is 1. The summed E-state index contributed by atoms with van der Waals surface area (Å²) in [5.41, 5.74) is 7.35. The molecule has 3 N–H and O–H groups in total. The predicted octanol–water partition coefficient (Wildman–Crippen LogP) is 2.13. The first kappa shape index (κ1) is 15.8. The van der Waals surface area contributed by atoms with Crippen LogP contribution in [0.2, 0.25) is 0 Å². The molecule has 2 atom stereocenters. The Morgan fingerprint density at radius 1 is 1.39 bits per heavy atom. The van der Waals surface area contributed by atoms with Gasteiger partial charge in [-0.1, -0.05) is 30.3 Å². The van der Waals surface area contributed by atoms with Crippen LogP contribution in [-0.4, -0.2) is 29.4 Å². The van der Waals surface area contributed by atoms with E-state index in [0.29, 0.717) is 23.9 Å². The predicted molar refractivity (Wildman–Crippen MR) is 88.8 cm³/mol. The number of carbonyl (C=O) groups is 1. The first-order valence-corrected chi connectivity index (χ1v) is 8.02. The lowest BCUT2D eigenvalue weighted by atomic mass is 10.1.